The largest absolute Gasteiger partial charge is 0.269 e. The van der Waals surface area contributed by atoms with Crippen LogP contribution in [0.3, 0.4) is 0 Å². The summed E-state index contributed by atoms with van der Waals surface area (Å²) in [6.07, 6.45) is 4.65. The minimum Gasteiger partial charge on any atom is -0.268 e. The van der Waals surface area contributed by atoms with Crippen molar-refractivity contribution >= 4 is 21.8 Å². The van der Waals surface area contributed by atoms with Gasteiger partial charge in [0, 0.05) is 17.2 Å². The maximum absolute atomic E-state index is 11.3. The van der Waals surface area contributed by atoms with E-state index >= 15 is 0 Å². The van der Waals surface area contributed by atoms with Gasteiger partial charge in [0.1, 0.15) is 0 Å². The third-order valence-electron chi connectivity index (χ3n) is 3.13. The Hall–Kier alpha value is -0.390. The Morgan fingerprint density at radius 3 is 2.29 bits per heavy atom. The molecule has 0 aromatic carbocycles. The number of carbonyl (C=O) groups excluding carboxylic acids is 1. The fourth-order valence-electron chi connectivity index (χ4n) is 2.41. The minimum atomic E-state index is -0.279. The van der Waals surface area contributed by atoms with Crippen LogP contribution in [0.4, 0.5) is 0 Å². The molecule has 98 valence electrons. The zero-order valence-electron chi connectivity index (χ0n) is 10.9. The first-order valence-electron chi connectivity index (χ1n) is 5.84. The fourth-order valence-corrected chi connectivity index (χ4v) is 2.65. The highest BCUT2D eigenvalue weighted by Crippen LogP contribution is 2.37. The summed E-state index contributed by atoms with van der Waals surface area (Å²) in [6, 6.07) is 0. The van der Waals surface area contributed by atoms with Crippen LogP contribution >= 0.6 is 15.9 Å². The Morgan fingerprint density at radius 2 is 1.82 bits per heavy atom. The lowest BCUT2D eigenvalue weighted by molar-refractivity contribution is -0.307. The molecule has 4 nitrogen and oxygen atoms in total. The summed E-state index contributed by atoms with van der Waals surface area (Å²) in [5.41, 5.74) is 2.28. The number of hydrogen-bond donors (Lipinski definition) is 1. The van der Waals surface area contributed by atoms with Crippen molar-refractivity contribution in [2.75, 3.05) is 0 Å². The summed E-state index contributed by atoms with van der Waals surface area (Å²) >= 11 is 3.05. The van der Waals surface area contributed by atoms with E-state index in [2.05, 4.69) is 49.1 Å². The van der Waals surface area contributed by atoms with E-state index < -0.39 is 0 Å². The van der Waals surface area contributed by atoms with Gasteiger partial charge in [0.15, 0.2) is 0 Å². The molecule has 1 amide bonds. The smallest absolute Gasteiger partial charge is 0.268 e. The molecular weight excluding hydrogens is 284 g/mol. The number of nitrogens with zero attached hydrogens (tertiary/aromatic N) is 1. The Balaban J connectivity index is 2.67. The number of hydroxylamine groups is 3. The molecule has 0 unspecified atom stereocenters. The van der Waals surface area contributed by atoms with E-state index in [9.17, 15) is 4.79 Å². The third-order valence-corrected chi connectivity index (χ3v) is 3.39. The number of hydrogen-bond acceptors (Lipinski definition) is 3. The van der Waals surface area contributed by atoms with Crippen LogP contribution in [0.25, 0.3) is 0 Å². The molecule has 0 atom stereocenters. The van der Waals surface area contributed by atoms with Gasteiger partial charge in [0.2, 0.25) is 0 Å². The topological polar surface area (TPSA) is 41.6 Å². The lowest BCUT2D eigenvalue weighted by Gasteiger charge is -2.50. The SMILES string of the molecule is CC1(C)CCCC(C)(C)N1ONC(=O)C=CBr. The van der Waals surface area contributed by atoms with Crippen LogP contribution in [0.1, 0.15) is 47.0 Å². The Bertz CT molecular complexity index is 298. The van der Waals surface area contributed by atoms with Crippen molar-refractivity contribution in [3.05, 3.63) is 11.1 Å². The standard InChI is InChI=1S/C12H21BrN2O2/c1-11(2)7-5-8-12(3,4)15(11)17-14-10(16)6-9-13/h6,9H,5,7-8H2,1-4H3,(H,14,16). The zero-order chi connectivity index (χ0) is 13.1. The highest BCUT2D eigenvalue weighted by molar-refractivity contribution is 9.11. The predicted molar refractivity (Wildman–Crippen MR) is 71.1 cm³/mol. The number of carbonyl (C=O) groups is 1. The molecule has 1 aliphatic rings. The molecule has 0 saturated carbocycles. The fraction of sp³-hybridized carbons (Fsp3) is 0.750. The molecule has 5 heteroatoms. The van der Waals surface area contributed by atoms with Crippen molar-refractivity contribution in [3.63, 3.8) is 0 Å². The molecule has 0 aromatic heterocycles. The molecule has 1 saturated heterocycles. The molecule has 1 fully saturated rings. The number of nitrogens with one attached hydrogen (secondary N) is 1. The number of piperidine rings is 1. The van der Waals surface area contributed by atoms with Gasteiger partial charge in [0.25, 0.3) is 5.91 Å². The van der Waals surface area contributed by atoms with Crippen molar-refractivity contribution < 1.29 is 9.73 Å². The summed E-state index contributed by atoms with van der Waals surface area (Å²) in [5.74, 6) is -0.279. The van der Waals surface area contributed by atoms with Crippen LogP contribution in [0, 0.1) is 0 Å². The number of rotatable bonds is 3. The minimum absolute atomic E-state index is 0.0762. The lowest BCUT2D eigenvalue weighted by Crippen LogP contribution is -2.60. The molecule has 0 aromatic rings. The Morgan fingerprint density at radius 1 is 1.29 bits per heavy atom. The molecule has 1 rings (SSSR count). The van der Waals surface area contributed by atoms with Crippen molar-refractivity contribution in [2.24, 2.45) is 0 Å². The number of amides is 1. The lowest BCUT2D eigenvalue weighted by atomic mass is 9.82. The summed E-state index contributed by atoms with van der Waals surface area (Å²) in [7, 11) is 0. The first-order valence-corrected chi connectivity index (χ1v) is 6.75. The maximum atomic E-state index is 11.3. The van der Waals surface area contributed by atoms with Crippen LogP contribution in [-0.2, 0) is 9.73 Å². The van der Waals surface area contributed by atoms with Gasteiger partial charge in [-0.3, -0.25) is 4.79 Å². The second-order valence-electron chi connectivity index (χ2n) is 5.62. The van der Waals surface area contributed by atoms with Gasteiger partial charge in [-0.15, -0.1) is 0 Å². The molecular formula is C12H21BrN2O2. The molecule has 17 heavy (non-hydrogen) atoms. The summed E-state index contributed by atoms with van der Waals surface area (Å²) < 4.78 is 0. The highest BCUT2D eigenvalue weighted by Gasteiger charge is 2.43. The van der Waals surface area contributed by atoms with Gasteiger partial charge in [-0.05, 0) is 51.9 Å². The van der Waals surface area contributed by atoms with E-state index in [0.717, 1.165) is 12.8 Å². The Kier molecular flexibility index (Phi) is 4.75. The van der Waals surface area contributed by atoms with Gasteiger partial charge in [0.05, 0.1) is 0 Å². The molecule has 0 aliphatic carbocycles. The Labute approximate surface area is 111 Å². The molecule has 1 N–H and O–H groups in total. The van der Waals surface area contributed by atoms with Crippen LogP contribution in [0.2, 0.25) is 0 Å². The highest BCUT2D eigenvalue weighted by atomic mass is 79.9. The molecule has 0 spiro atoms. The predicted octanol–water partition coefficient (Wildman–Crippen LogP) is 2.90. The third kappa shape index (κ3) is 3.79. The molecule has 0 radical (unpaired) electrons. The van der Waals surface area contributed by atoms with Crippen LogP contribution in [-0.4, -0.2) is 22.0 Å². The zero-order valence-corrected chi connectivity index (χ0v) is 12.5. The summed E-state index contributed by atoms with van der Waals surface area (Å²) in [4.78, 5) is 18.3. The maximum Gasteiger partial charge on any atom is 0.269 e. The molecule has 1 heterocycles. The van der Waals surface area contributed by atoms with Crippen molar-refractivity contribution in [1.82, 2.24) is 10.5 Å². The van der Waals surface area contributed by atoms with Gasteiger partial charge < -0.3 is 0 Å². The average Bonchev–Trinajstić information content (AvgIpc) is 2.15. The van der Waals surface area contributed by atoms with Gasteiger partial charge >= 0.3 is 0 Å². The second kappa shape index (κ2) is 5.50. The van der Waals surface area contributed by atoms with E-state index in [0.29, 0.717) is 0 Å². The molecule has 1 aliphatic heterocycles. The molecule has 0 bridgehead atoms. The van der Waals surface area contributed by atoms with E-state index in [4.69, 9.17) is 4.94 Å². The van der Waals surface area contributed by atoms with Crippen LogP contribution in [0.5, 0.6) is 0 Å². The van der Waals surface area contributed by atoms with E-state index in [1.54, 1.807) is 0 Å². The van der Waals surface area contributed by atoms with Crippen LogP contribution < -0.4 is 5.48 Å². The summed E-state index contributed by atoms with van der Waals surface area (Å²) in [5, 5.41) is 1.89. The van der Waals surface area contributed by atoms with E-state index in [-0.39, 0.29) is 17.0 Å². The quantitative estimate of drug-likeness (QED) is 0.644. The van der Waals surface area contributed by atoms with E-state index in [1.165, 1.54) is 17.5 Å². The number of halogens is 1. The normalized spacial score (nSPS) is 23.8. The van der Waals surface area contributed by atoms with E-state index in [1.807, 2.05) is 5.06 Å². The summed E-state index contributed by atoms with van der Waals surface area (Å²) in [6.45, 7) is 8.50. The van der Waals surface area contributed by atoms with Gasteiger partial charge in [-0.25, -0.2) is 5.48 Å². The van der Waals surface area contributed by atoms with Crippen molar-refractivity contribution in [2.45, 2.75) is 58.0 Å². The first-order chi connectivity index (χ1) is 7.79. The van der Waals surface area contributed by atoms with Crippen molar-refractivity contribution in [3.8, 4) is 0 Å². The van der Waals surface area contributed by atoms with Crippen molar-refractivity contribution in [1.29, 1.82) is 0 Å². The monoisotopic (exact) mass is 304 g/mol. The van der Waals surface area contributed by atoms with Gasteiger partial charge in [-0.2, -0.15) is 10.0 Å². The average molecular weight is 305 g/mol. The first kappa shape index (κ1) is 14.7. The van der Waals surface area contributed by atoms with Crippen LogP contribution in [0.15, 0.2) is 11.1 Å². The van der Waals surface area contributed by atoms with Gasteiger partial charge in [-0.1, -0.05) is 15.9 Å². The second-order valence-corrected chi connectivity index (χ2v) is 6.15.